The Kier molecular flexibility index (Phi) is 8.89. The highest BCUT2D eigenvalue weighted by Gasteiger charge is 2.26. The molecule has 0 spiro atoms. The van der Waals surface area contributed by atoms with Crippen LogP contribution < -0.4 is 10.2 Å². The summed E-state index contributed by atoms with van der Waals surface area (Å²) >= 11 is 0. The van der Waals surface area contributed by atoms with Crippen LogP contribution in [0.5, 0.6) is 0 Å². The summed E-state index contributed by atoms with van der Waals surface area (Å²) in [6.07, 6.45) is 2.63. The monoisotopic (exact) mass is 483 g/mol. The van der Waals surface area contributed by atoms with Crippen molar-refractivity contribution in [1.29, 1.82) is 0 Å². The number of anilines is 2. The maximum atomic E-state index is 13.3. The number of amides is 2. The van der Waals surface area contributed by atoms with E-state index in [-0.39, 0.29) is 35.6 Å². The maximum absolute atomic E-state index is 13.3. The highest BCUT2D eigenvalue weighted by molar-refractivity contribution is 5.92. The number of hydrogen-bond donors (Lipinski definition) is 1. The average molecular weight is 484 g/mol. The van der Waals surface area contributed by atoms with E-state index in [9.17, 15) is 14.0 Å². The number of nitrogens with one attached hydrogen (secondary N) is 1. The summed E-state index contributed by atoms with van der Waals surface area (Å²) in [7, 11) is 3.93. The van der Waals surface area contributed by atoms with Crippen molar-refractivity contribution >= 4 is 23.2 Å². The van der Waals surface area contributed by atoms with Crippen LogP contribution in [0.3, 0.4) is 0 Å². The highest BCUT2D eigenvalue weighted by atomic mass is 19.1. The van der Waals surface area contributed by atoms with Gasteiger partial charge >= 0.3 is 0 Å². The second kappa shape index (κ2) is 11.7. The molecular weight excluding hydrogens is 445 g/mol. The molecule has 190 valence electrons. The second-order valence-electron chi connectivity index (χ2n) is 10.7. The molecule has 0 aromatic heterocycles. The van der Waals surface area contributed by atoms with E-state index in [1.54, 1.807) is 12.1 Å². The van der Waals surface area contributed by atoms with E-state index in [0.717, 1.165) is 36.3 Å². The molecule has 1 unspecified atom stereocenters. The lowest BCUT2D eigenvalue weighted by Gasteiger charge is -2.30. The van der Waals surface area contributed by atoms with Gasteiger partial charge in [0, 0.05) is 51.6 Å². The molecule has 1 aliphatic heterocycles. The first-order valence-electron chi connectivity index (χ1n) is 12.2. The number of halogens is 1. The van der Waals surface area contributed by atoms with Gasteiger partial charge in [-0.05, 0) is 59.7 Å². The molecule has 7 heteroatoms. The van der Waals surface area contributed by atoms with Crippen LogP contribution in [-0.2, 0) is 27.3 Å². The largest absolute Gasteiger partial charge is 0.377 e. The lowest BCUT2D eigenvalue weighted by atomic mass is 9.91. The minimum atomic E-state index is -0.327. The van der Waals surface area contributed by atoms with Crippen LogP contribution in [0.2, 0.25) is 0 Å². The summed E-state index contributed by atoms with van der Waals surface area (Å²) in [5.41, 5.74) is 3.23. The third-order valence-electron chi connectivity index (χ3n) is 5.97. The molecule has 35 heavy (non-hydrogen) atoms. The minimum Gasteiger partial charge on any atom is -0.377 e. The summed E-state index contributed by atoms with van der Waals surface area (Å²) in [6.45, 7) is 7.93. The zero-order valence-corrected chi connectivity index (χ0v) is 21.6. The van der Waals surface area contributed by atoms with Gasteiger partial charge in [0.05, 0.1) is 12.5 Å². The van der Waals surface area contributed by atoms with Crippen molar-refractivity contribution in [3.8, 4) is 0 Å². The van der Waals surface area contributed by atoms with Crippen molar-refractivity contribution in [2.45, 2.75) is 59.1 Å². The van der Waals surface area contributed by atoms with E-state index in [1.165, 1.54) is 12.1 Å². The number of nitrogens with zero attached hydrogens (tertiary/aromatic N) is 2. The predicted octanol–water partition coefficient (Wildman–Crippen LogP) is 5.02. The Morgan fingerprint density at radius 2 is 1.83 bits per heavy atom. The summed E-state index contributed by atoms with van der Waals surface area (Å²) < 4.78 is 19.0. The lowest BCUT2D eigenvalue weighted by molar-refractivity contribution is -0.135. The van der Waals surface area contributed by atoms with Crippen molar-refractivity contribution in [3.63, 3.8) is 0 Å². The molecule has 6 nitrogen and oxygen atoms in total. The first-order chi connectivity index (χ1) is 16.5. The van der Waals surface area contributed by atoms with Gasteiger partial charge in [0.1, 0.15) is 5.82 Å². The number of rotatable bonds is 9. The van der Waals surface area contributed by atoms with Gasteiger partial charge < -0.3 is 19.9 Å². The smallest absolute Gasteiger partial charge is 0.228 e. The van der Waals surface area contributed by atoms with Gasteiger partial charge in [-0.2, -0.15) is 0 Å². The van der Waals surface area contributed by atoms with Gasteiger partial charge in [-0.3, -0.25) is 9.59 Å². The van der Waals surface area contributed by atoms with Gasteiger partial charge in [-0.25, -0.2) is 4.39 Å². The summed E-state index contributed by atoms with van der Waals surface area (Å²) in [5, 5.41) is 2.95. The normalized spacial score (nSPS) is 15.7. The maximum Gasteiger partial charge on any atom is 0.228 e. The van der Waals surface area contributed by atoms with Crippen LogP contribution in [0.4, 0.5) is 15.8 Å². The van der Waals surface area contributed by atoms with Crippen LogP contribution >= 0.6 is 0 Å². The number of benzene rings is 2. The van der Waals surface area contributed by atoms with E-state index in [2.05, 4.69) is 26.1 Å². The summed E-state index contributed by atoms with van der Waals surface area (Å²) in [5.74, 6) is -0.407. The van der Waals surface area contributed by atoms with Crippen molar-refractivity contribution < 1.29 is 18.7 Å². The van der Waals surface area contributed by atoms with Gasteiger partial charge in [0.25, 0.3) is 0 Å². The third-order valence-corrected chi connectivity index (χ3v) is 5.97. The van der Waals surface area contributed by atoms with Crippen molar-refractivity contribution in [1.82, 2.24) is 4.90 Å². The number of ether oxygens (including phenoxy) is 1. The van der Waals surface area contributed by atoms with Gasteiger partial charge in [0.15, 0.2) is 0 Å². The Morgan fingerprint density at radius 3 is 2.43 bits per heavy atom. The van der Waals surface area contributed by atoms with Crippen LogP contribution in [-0.4, -0.2) is 50.1 Å². The van der Waals surface area contributed by atoms with Crippen LogP contribution in [0.25, 0.3) is 0 Å². The van der Waals surface area contributed by atoms with Crippen LogP contribution in [0, 0.1) is 11.2 Å². The topological polar surface area (TPSA) is 61.9 Å². The molecule has 2 amide bonds. The average Bonchev–Trinajstić information content (AvgIpc) is 3.27. The Hall–Kier alpha value is -2.93. The molecule has 0 bridgehead atoms. The van der Waals surface area contributed by atoms with Crippen molar-refractivity contribution in [2.24, 2.45) is 5.41 Å². The molecule has 2 aromatic carbocycles. The molecular formula is C28H38FN3O3. The standard InChI is InChI=1S/C28H38FN3O3/c1-28(2,3)17-27(34)32(19-24-7-6-14-35-24)18-21-16-23(12-13-25(21)31(4)5)30-26(33)15-20-8-10-22(29)11-9-20/h8-13,16,24H,6-7,14-15,17-19H2,1-5H3,(H,30,33). The fourth-order valence-corrected chi connectivity index (χ4v) is 4.28. The Morgan fingerprint density at radius 1 is 1.11 bits per heavy atom. The van der Waals surface area contributed by atoms with Gasteiger partial charge in [-0.1, -0.05) is 32.9 Å². The zero-order valence-electron chi connectivity index (χ0n) is 21.6. The third kappa shape index (κ3) is 8.35. The van der Waals surface area contributed by atoms with E-state index >= 15 is 0 Å². The molecule has 1 N–H and O–H groups in total. The number of hydrogen-bond acceptors (Lipinski definition) is 4. The fourth-order valence-electron chi connectivity index (χ4n) is 4.28. The minimum absolute atomic E-state index is 0.0559. The molecule has 1 atom stereocenters. The van der Waals surface area contributed by atoms with Gasteiger partial charge in [-0.15, -0.1) is 0 Å². The molecule has 1 saturated heterocycles. The molecule has 0 radical (unpaired) electrons. The van der Waals surface area contributed by atoms with Crippen molar-refractivity contribution in [2.75, 3.05) is 37.5 Å². The van der Waals surface area contributed by atoms with Crippen molar-refractivity contribution in [3.05, 3.63) is 59.4 Å². The summed E-state index contributed by atoms with van der Waals surface area (Å²) in [6, 6.07) is 11.7. The number of carbonyl (C=O) groups excluding carboxylic acids is 2. The molecule has 3 rings (SSSR count). The SMILES string of the molecule is CN(C)c1ccc(NC(=O)Cc2ccc(F)cc2)cc1CN(CC1CCCO1)C(=O)CC(C)(C)C. The lowest BCUT2D eigenvalue weighted by Crippen LogP contribution is -2.38. The first-order valence-corrected chi connectivity index (χ1v) is 12.2. The van der Waals surface area contributed by atoms with Crippen LogP contribution in [0.1, 0.15) is 51.2 Å². The van der Waals surface area contributed by atoms with Crippen LogP contribution in [0.15, 0.2) is 42.5 Å². The quantitative estimate of drug-likeness (QED) is 0.544. The Bertz CT molecular complexity index is 1010. The summed E-state index contributed by atoms with van der Waals surface area (Å²) in [4.78, 5) is 29.8. The fraction of sp³-hybridized carbons (Fsp3) is 0.500. The van der Waals surface area contributed by atoms with Gasteiger partial charge in [0.2, 0.25) is 11.8 Å². The van der Waals surface area contributed by atoms with E-state index in [0.29, 0.717) is 25.2 Å². The van der Waals surface area contributed by atoms with E-state index in [4.69, 9.17) is 4.74 Å². The molecule has 1 aliphatic rings. The molecule has 0 aliphatic carbocycles. The Balaban J connectivity index is 1.79. The second-order valence-corrected chi connectivity index (χ2v) is 10.7. The zero-order chi connectivity index (χ0) is 25.6. The Labute approximate surface area is 208 Å². The first kappa shape index (κ1) is 26.7. The molecule has 1 fully saturated rings. The molecule has 2 aromatic rings. The van der Waals surface area contributed by atoms with E-state index in [1.807, 2.05) is 42.1 Å². The number of carbonyl (C=O) groups is 2. The molecule has 0 saturated carbocycles. The highest BCUT2D eigenvalue weighted by Crippen LogP contribution is 2.27. The predicted molar refractivity (Wildman–Crippen MR) is 138 cm³/mol. The molecule has 1 heterocycles. The van der Waals surface area contributed by atoms with E-state index < -0.39 is 0 Å².